The average Bonchev–Trinajstić information content (AvgIpc) is 3.01. The van der Waals surface area contributed by atoms with E-state index in [0.29, 0.717) is 6.54 Å². The maximum absolute atomic E-state index is 12.9. The zero-order valence-electron chi connectivity index (χ0n) is 10.5. The topological polar surface area (TPSA) is 35.6 Å². The van der Waals surface area contributed by atoms with Crippen LogP contribution in [0.4, 0.5) is 4.39 Å². The summed E-state index contributed by atoms with van der Waals surface area (Å²) in [4.78, 5) is 8.60. The minimum atomic E-state index is -0.240. The molecule has 0 spiro atoms. The van der Waals surface area contributed by atoms with Crippen molar-refractivity contribution in [3.63, 3.8) is 0 Å². The van der Waals surface area contributed by atoms with Crippen molar-refractivity contribution in [1.82, 2.24) is 19.1 Å². The summed E-state index contributed by atoms with van der Waals surface area (Å²) < 4.78 is 16.8. The molecule has 4 nitrogen and oxygen atoms in total. The van der Waals surface area contributed by atoms with Gasteiger partial charge in [-0.15, -0.1) is 0 Å². The lowest BCUT2D eigenvalue weighted by atomic mass is 10.2. The molecule has 0 saturated heterocycles. The van der Waals surface area contributed by atoms with E-state index < -0.39 is 0 Å². The second-order valence-corrected chi connectivity index (χ2v) is 4.39. The zero-order chi connectivity index (χ0) is 13.2. The van der Waals surface area contributed by atoms with Crippen LogP contribution in [0.15, 0.2) is 49.2 Å². The summed E-state index contributed by atoms with van der Waals surface area (Å²) in [5.41, 5.74) is 1.73. The molecule has 0 fully saturated rings. The van der Waals surface area contributed by atoms with Gasteiger partial charge in [0.15, 0.2) is 0 Å². The van der Waals surface area contributed by atoms with Gasteiger partial charge in [-0.05, 0) is 24.3 Å². The highest BCUT2D eigenvalue weighted by atomic mass is 19.1. The van der Waals surface area contributed by atoms with Gasteiger partial charge in [0.2, 0.25) is 0 Å². The number of hydrogen-bond acceptors (Lipinski definition) is 2. The lowest BCUT2D eigenvalue weighted by Gasteiger charge is -2.02. The third kappa shape index (κ3) is 2.40. The first kappa shape index (κ1) is 11.6. The molecule has 3 rings (SSSR count). The van der Waals surface area contributed by atoms with Crippen LogP contribution in [0.25, 0.3) is 11.3 Å². The second-order valence-electron chi connectivity index (χ2n) is 4.39. The molecule has 2 heterocycles. The van der Waals surface area contributed by atoms with Gasteiger partial charge in [0.1, 0.15) is 11.6 Å². The molecule has 19 heavy (non-hydrogen) atoms. The maximum atomic E-state index is 12.9. The predicted octanol–water partition coefficient (Wildman–Crippen LogP) is 2.47. The molecule has 0 unspecified atom stereocenters. The summed E-state index contributed by atoms with van der Waals surface area (Å²) in [6, 6.07) is 6.33. The minimum Gasteiger partial charge on any atom is -0.337 e. The Morgan fingerprint density at radius 2 is 1.95 bits per heavy atom. The van der Waals surface area contributed by atoms with Gasteiger partial charge >= 0.3 is 0 Å². The normalized spacial score (nSPS) is 10.8. The van der Waals surface area contributed by atoms with Crippen molar-refractivity contribution in [2.24, 2.45) is 7.05 Å². The number of halogens is 1. The van der Waals surface area contributed by atoms with Crippen molar-refractivity contribution in [3.8, 4) is 11.3 Å². The lowest BCUT2D eigenvalue weighted by Crippen LogP contribution is -2.03. The Bertz CT molecular complexity index is 682. The van der Waals surface area contributed by atoms with Crippen LogP contribution in [0.2, 0.25) is 0 Å². The fourth-order valence-corrected chi connectivity index (χ4v) is 1.93. The van der Waals surface area contributed by atoms with E-state index in [2.05, 4.69) is 9.97 Å². The van der Waals surface area contributed by atoms with Gasteiger partial charge in [0.05, 0.1) is 18.6 Å². The molecule has 0 bridgehead atoms. The number of rotatable bonds is 3. The Kier molecular flexibility index (Phi) is 2.87. The van der Waals surface area contributed by atoms with Crippen LogP contribution < -0.4 is 0 Å². The molecule has 1 aromatic carbocycles. The second kappa shape index (κ2) is 4.68. The Hall–Kier alpha value is -2.43. The molecule has 2 aromatic heterocycles. The van der Waals surface area contributed by atoms with Crippen molar-refractivity contribution >= 4 is 0 Å². The Morgan fingerprint density at radius 1 is 1.16 bits per heavy atom. The highest BCUT2D eigenvalue weighted by Gasteiger charge is 2.05. The van der Waals surface area contributed by atoms with E-state index in [9.17, 15) is 4.39 Å². The van der Waals surface area contributed by atoms with E-state index in [0.717, 1.165) is 17.1 Å². The van der Waals surface area contributed by atoms with Crippen LogP contribution in [0.3, 0.4) is 0 Å². The molecule has 0 aliphatic heterocycles. The van der Waals surface area contributed by atoms with Gasteiger partial charge in [-0.2, -0.15) is 0 Å². The minimum absolute atomic E-state index is 0.240. The van der Waals surface area contributed by atoms with Gasteiger partial charge in [-0.1, -0.05) is 0 Å². The first-order valence-electron chi connectivity index (χ1n) is 5.96. The van der Waals surface area contributed by atoms with Gasteiger partial charge in [0.25, 0.3) is 0 Å². The summed E-state index contributed by atoms with van der Waals surface area (Å²) in [7, 11) is 1.96. The zero-order valence-corrected chi connectivity index (χ0v) is 10.5. The molecule has 5 heteroatoms. The molecule has 3 aromatic rings. The summed E-state index contributed by atoms with van der Waals surface area (Å²) in [5, 5.41) is 0. The van der Waals surface area contributed by atoms with Gasteiger partial charge in [0, 0.05) is 31.2 Å². The highest BCUT2D eigenvalue weighted by molar-refractivity contribution is 5.57. The Balaban J connectivity index is 1.83. The molecule has 0 N–H and O–H groups in total. The number of aryl methyl sites for hydroxylation is 1. The van der Waals surface area contributed by atoms with Gasteiger partial charge < -0.3 is 9.13 Å². The van der Waals surface area contributed by atoms with Gasteiger partial charge in [-0.25, -0.2) is 14.4 Å². The van der Waals surface area contributed by atoms with Gasteiger partial charge in [-0.3, -0.25) is 0 Å². The molecular weight excluding hydrogens is 243 g/mol. The van der Waals surface area contributed by atoms with E-state index in [1.807, 2.05) is 28.6 Å². The van der Waals surface area contributed by atoms with Crippen molar-refractivity contribution in [1.29, 1.82) is 0 Å². The van der Waals surface area contributed by atoms with E-state index in [-0.39, 0.29) is 5.82 Å². The van der Waals surface area contributed by atoms with Crippen LogP contribution in [0, 0.1) is 5.82 Å². The number of nitrogens with zero attached hydrogens (tertiary/aromatic N) is 4. The molecule has 0 saturated carbocycles. The maximum Gasteiger partial charge on any atom is 0.128 e. The molecule has 0 aliphatic rings. The smallest absolute Gasteiger partial charge is 0.128 e. The third-order valence-electron chi connectivity index (χ3n) is 3.02. The van der Waals surface area contributed by atoms with Crippen LogP contribution in [0.5, 0.6) is 0 Å². The number of imidazole rings is 2. The standard InChI is InChI=1S/C14H13FN4/c1-18-7-6-16-14(18)9-19-8-13(17-10-19)11-2-4-12(15)5-3-11/h2-8,10H,9H2,1H3. The number of benzene rings is 1. The summed E-state index contributed by atoms with van der Waals surface area (Å²) in [6.07, 6.45) is 7.37. The Labute approximate surface area is 110 Å². The first-order valence-corrected chi connectivity index (χ1v) is 5.96. The number of hydrogen-bond donors (Lipinski definition) is 0. The van der Waals surface area contributed by atoms with Crippen LogP contribution in [-0.2, 0) is 13.6 Å². The average molecular weight is 256 g/mol. The van der Waals surface area contributed by atoms with Crippen molar-refractivity contribution in [2.75, 3.05) is 0 Å². The fraction of sp³-hybridized carbons (Fsp3) is 0.143. The molecule has 0 radical (unpaired) electrons. The molecule has 0 atom stereocenters. The summed E-state index contributed by atoms with van der Waals surface area (Å²) >= 11 is 0. The van der Waals surface area contributed by atoms with E-state index in [4.69, 9.17) is 0 Å². The fourth-order valence-electron chi connectivity index (χ4n) is 1.93. The molecule has 0 aliphatic carbocycles. The largest absolute Gasteiger partial charge is 0.337 e. The predicted molar refractivity (Wildman–Crippen MR) is 69.9 cm³/mol. The number of aromatic nitrogens is 4. The molecule has 0 amide bonds. The SMILES string of the molecule is Cn1ccnc1Cn1cnc(-c2ccc(F)cc2)c1. The third-order valence-corrected chi connectivity index (χ3v) is 3.02. The monoisotopic (exact) mass is 256 g/mol. The highest BCUT2D eigenvalue weighted by Crippen LogP contribution is 2.17. The van der Waals surface area contributed by atoms with Crippen LogP contribution in [-0.4, -0.2) is 19.1 Å². The van der Waals surface area contributed by atoms with Crippen LogP contribution >= 0.6 is 0 Å². The summed E-state index contributed by atoms with van der Waals surface area (Å²) in [6.45, 7) is 0.664. The first-order chi connectivity index (χ1) is 9.22. The van der Waals surface area contributed by atoms with E-state index >= 15 is 0 Å². The lowest BCUT2D eigenvalue weighted by molar-refractivity contribution is 0.628. The summed E-state index contributed by atoms with van der Waals surface area (Å²) in [5.74, 6) is 0.722. The molecular formula is C14H13FN4. The molecule has 96 valence electrons. The van der Waals surface area contributed by atoms with Crippen LogP contribution in [0.1, 0.15) is 5.82 Å². The van der Waals surface area contributed by atoms with Crippen molar-refractivity contribution in [3.05, 3.63) is 60.8 Å². The quantitative estimate of drug-likeness (QED) is 0.721. The van der Waals surface area contributed by atoms with E-state index in [1.165, 1.54) is 12.1 Å². The van der Waals surface area contributed by atoms with Crippen molar-refractivity contribution in [2.45, 2.75) is 6.54 Å². The Morgan fingerprint density at radius 3 is 2.63 bits per heavy atom. The van der Waals surface area contributed by atoms with Crippen molar-refractivity contribution < 1.29 is 4.39 Å². The van der Waals surface area contributed by atoms with E-state index in [1.54, 1.807) is 24.7 Å².